The maximum Gasteiger partial charge on any atom is 0.144 e. The number of aromatic nitrogens is 1. The van der Waals surface area contributed by atoms with Crippen molar-refractivity contribution in [3.8, 4) is 11.5 Å². The number of methoxy groups -OCH3 is 2. The first-order valence-corrected chi connectivity index (χ1v) is 5.34. The van der Waals surface area contributed by atoms with Gasteiger partial charge in [-0.1, -0.05) is 13.8 Å². The molecule has 1 rings (SSSR count). The molecule has 1 aromatic heterocycles. The number of rotatable bonds is 6. The first kappa shape index (κ1) is 12.8. The van der Waals surface area contributed by atoms with Gasteiger partial charge in [0.15, 0.2) is 0 Å². The van der Waals surface area contributed by atoms with Crippen molar-refractivity contribution in [1.29, 1.82) is 0 Å². The molecule has 0 saturated carbocycles. The van der Waals surface area contributed by atoms with E-state index in [1.807, 2.05) is 6.07 Å². The largest absolute Gasteiger partial charge is 0.495 e. The van der Waals surface area contributed by atoms with Crippen LogP contribution in [0.5, 0.6) is 11.5 Å². The molecule has 0 radical (unpaired) electrons. The Kier molecular flexibility index (Phi) is 5.05. The lowest BCUT2D eigenvalue weighted by atomic mass is 10.1. The summed E-state index contributed by atoms with van der Waals surface area (Å²) >= 11 is 0. The fourth-order valence-corrected chi connectivity index (χ4v) is 1.36. The van der Waals surface area contributed by atoms with Gasteiger partial charge in [-0.05, 0) is 5.92 Å². The van der Waals surface area contributed by atoms with Gasteiger partial charge in [0.25, 0.3) is 0 Å². The minimum Gasteiger partial charge on any atom is -0.495 e. The number of hydrogen-bond donors (Lipinski definition) is 0. The Balaban J connectivity index is 2.74. The summed E-state index contributed by atoms with van der Waals surface area (Å²) in [6.07, 6.45) is 1.72. The second-order valence-corrected chi connectivity index (χ2v) is 3.75. The zero-order valence-electron chi connectivity index (χ0n) is 10.3. The van der Waals surface area contributed by atoms with E-state index in [4.69, 9.17) is 14.2 Å². The van der Waals surface area contributed by atoms with Crippen LogP contribution in [0.1, 0.15) is 25.5 Å². The first-order valence-electron chi connectivity index (χ1n) is 5.34. The van der Waals surface area contributed by atoms with Crippen LogP contribution in [0.3, 0.4) is 0 Å². The van der Waals surface area contributed by atoms with Crippen molar-refractivity contribution < 1.29 is 14.2 Å². The van der Waals surface area contributed by atoms with Crippen LogP contribution in [0.4, 0.5) is 0 Å². The molecule has 0 aliphatic heterocycles. The normalized spacial score (nSPS) is 10.6. The fourth-order valence-electron chi connectivity index (χ4n) is 1.36. The zero-order chi connectivity index (χ0) is 12.0. The summed E-state index contributed by atoms with van der Waals surface area (Å²) in [6, 6.07) is 1.86. The predicted molar refractivity (Wildman–Crippen MR) is 62.2 cm³/mol. The fraction of sp³-hybridized carbons (Fsp3) is 0.583. The lowest BCUT2D eigenvalue weighted by Crippen LogP contribution is -2.05. The second-order valence-electron chi connectivity index (χ2n) is 3.75. The van der Waals surface area contributed by atoms with Crippen LogP contribution in [0.15, 0.2) is 12.3 Å². The van der Waals surface area contributed by atoms with Gasteiger partial charge in [-0.3, -0.25) is 4.98 Å². The summed E-state index contributed by atoms with van der Waals surface area (Å²) in [4.78, 5) is 4.34. The minimum atomic E-state index is 0.336. The summed E-state index contributed by atoms with van der Waals surface area (Å²) in [5.41, 5.74) is 0.946. The molecular weight excluding hydrogens is 206 g/mol. The van der Waals surface area contributed by atoms with Crippen molar-refractivity contribution in [3.63, 3.8) is 0 Å². The molecule has 4 heteroatoms. The maximum atomic E-state index is 5.46. The Hall–Kier alpha value is -1.29. The number of nitrogens with zero attached hydrogens (tertiary/aromatic N) is 1. The van der Waals surface area contributed by atoms with Gasteiger partial charge in [0, 0.05) is 13.2 Å². The molecule has 0 N–H and O–H groups in total. The molecule has 0 aromatic carbocycles. The SMILES string of the molecule is COCCOc1cnc(C(C)C)c(OC)c1. The molecule has 1 heterocycles. The highest BCUT2D eigenvalue weighted by molar-refractivity contribution is 5.36. The smallest absolute Gasteiger partial charge is 0.144 e. The molecule has 0 aliphatic rings. The summed E-state index contributed by atoms with van der Waals surface area (Å²) < 4.78 is 15.6. The number of pyridine rings is 1. The van der Waals surface area contributed by atoms with Gasteiger partial charge in [0.1, 0.15) is 18.1 Å². The van der Waals surface area contributed by atoms with Crippen LogP contribution in [0.2, 0.25) is 0 Å². The Labute approximate surface area is 96.5 Å². The average Bonchev–Trinajstić information content (AvgIpc) is 2.29. The third-order valence-corrected chi connectivity index (χ3v) is 2.18. The molecule has 0 fully saturated rings. The lowest BCUT2D eigenvalue weighted by Gasteiger charge is -2.12. The zero-order valence-corrected chi connectivity index (χ0v) is 10.3. The van der Waals surface area contributed by atoms with E-state index in [0.717, 1.165) is 11.4 Å². The average molecular weight is 225 g/mol. The van der Waals surface area contributed by atoms with Gasteiger partial charge in [-0.2, -0.15) is 0 Å². The van der Waals surface area contributed by atoms with Gasteiger partial charge in [0.2, 0.25) is 0 Å². The lowest BCUT2D eigenvalue weighted by molar-refractivity contribution is 0.146. The van der Waals surface area contributed by atoms with Crippen LogP contribution in [-0.2, 0) is 4.74 Å². The van der Waals surface area contributed by atoms with E-state index in [-0.39, 0.29) is 0 Å². The monoisotopic (exact) mass is 225 g/mol. The molecule has 0 atom stereocenters. The quantitative estimate of drug-likeness (QED) is 0.696. The standard InChI is InChI=1S/C12H19NO3/c1-9(2)12-11(15-4)7-10(8-13-12)16-6-5-14-3/h7-9H,5-6H2,1-4H3. The molecule has 0 bridgehead atoms. The molecule has 0 spiro atoms. The summed E-state index contributed by atoms with van der Waals surface area (Å²) in [5, 5.41) is 0. The van der Waals surface area contributed by atoms with Crippen molar-refractivity contribution in [2.24, 2.45) is 0 Å². The van der Waals surface area contributed by atoms with E-state index in [1.165, 1.54) is 0 Å². The molecule has 4 nitrogen and oxygen atoms in total. The molecule has 16 heavy (non-hydrogen) atoms. The molecule has 0 unspecified atom stereocenters. The second kappa shape index (κ2) is 6.33. The van der Waals surface area contributed by atoms with Crippen LogP contribution in [-0.4, -0.2) is 32.4 Å². The van der Waals surface area contributed by atoms with Crippen LogP contribution in [0, 0.1) is 0 Å². The molecule has 1 aromatic rings. The minimum absolute atomic E-state index is 0.336. The first-order chi connectivity index (χ1) is 7.69. The van der Waals surface area contributed by atoms with Crippen LogP contribution in [0.25, 0.3) is 0 Å². The van der Waals surface area contributed by atoms with Gasteiger partial charge < -0.3 is 14.2 Å². The molecular formula is C12H19NO3. The third-order valence-electron chi connectivity index (χ3n) is 2.18. The summed E-state index contributed by atoms with van der Waals surface area (Å²) in [6.45, 7) is 5.24. The van der Waals surface area contributed by atoms with E-state index in [1.54, 1.807) is 20.4 Å². The van der Waals surface area contributed by atoms with E-state index in [2.05, 4.69) is 18.8 Å². The molecule has 0 amide bonds. The van der Waals surface area contributed by atoms with Crippen molar-refractivity contribution in [2.45, 2.75) is 19.8 Å². The van der Waals surface area contributed by atoms with E-state index >= 15 is 0 Å². The highest BCUT2D eigenvalue weighted by atomic mass is 16.5. The highest BCUT2D eigenvalue weighted by Gasteiger charge is 2.10. The van der Waals surface area contributed by atoms with Crippen molar-refractivity contribution >= 4 is 0 Å². The predicted octanol–water partition coefficient (Wildman–Crippen LogP) is 2.24. The van der Waals surface area contributed by atoms with E-state index in [0.29, 0.717) is 24.9 Å². The third kappa shape index (κ3) is 3.38. The Bertz CT molecular complexity index is 326. The Morgan fingerprint density at radius 3 is 2.56 bits per heavy atom. The summed E-state index contributed by atoms with van der Waals surface area (Å²) in [5.74, 6) is 1.81. The molecule has 0 aliphatic carbocycles. The molecule has 90 valence electrons. The highest BCUT2D eigenvalue weighted by Crippen LogP contribution is 2.27. The van der Waals surface area contributed by atoms with Crippen LogP contribution < -0.4 is 9.47 Å². The number of ether oxygens (including phenoxy) is 3. The van der Waals surface area contributed by atoms with Gasteiger partial charge in [0.05, 0.1) is 25.6 Å². The maximum absolute atomic E-state index is 5.46. The topological polar surface area (TPSA) is 40.6 Å². The Morgan fingerprint density at radius 2 is 2.00 bits per heavy atom. The van der Waals surface area contributed by atoms with Gasteiger partial charge >= 0.3 is 0 Å². The van der Waals surface area contributed by atoms with Gasteiger partial charge in [-0.15, -0.1) is 0 Å². The Morgan fingerprint density at radius 1 is 1.25 bits per heavy atom. The molecule has 0 saturated heterocycles. The summed E-state index contributed by atoms with van der Waals surface area (Å²) in [7, 11) is 3.28. The van der Waals surface area contributed by atoms with Gasteiger partial charge in [-0.25, -0.2) is 0 Å². The van der Waals surface area contributed by atoms with Crippen molar-refractivity contribution in [3.05, 3.63) is 18.0 Å². The van der Waals surface area contributed by atoms with E-state index < -0.39 is 0 Å². The van der Waals surface area contributed by atoms with Crippen molar-refractivity contribution in [1.82, 2.24) is 4.98 Å². The number of hydrogen-bond acceptors (Lipinski definition) is 4. The van der Waals surface area contributed by atoms with Crippen molar-refractivity contribution in [2.75, 3.05) is 27.4 Å². The van der Waals surface area contributed by atoms with Crippen LogP contribution >= 0.6 is 0 Å². The van der Waals surface area contributed by atoms with E-state index in [9.17, 15) is 0 Å².